The molecule has 2 aromatic carbocycles. The molecule has 31 heavy (non-hydrogen) atoms. The van der Waals surface area contributed by atoms with E-state index in [1.807, 2.05) is 54.9 Å². The minimum Gasteiger partial charge on any atom is -0.456 e. The van der Waals surface area contributed by atoms with E-state index in [9.17, 15) is 9.59 Å². The molecular weight excluding hydrogens is 414 g/mol. The average molecular weight is 440 g/mol. The standard InChI is InChI=1S/C24H26ClN3O3/c1-17-21(18(2)28(27-17)15-19-8-4-3-5-9-19)14-26-23(29)16-31-24(30)13-12-20-10-6-7-11-22(20)25/h3-11H,12-16H2,1-2H3,(H,26,29). The lowest BCUT2D eigenvalue weighted by Gasteiger charge is -2.08. The molecule has 0 bridgehead atoms. The van der Waals surface area contributed by atoms with Crippen LogP contribution in [0.15, 0.2) is 54.6 Å². The van der Waals surface area contributed by atoms with E-state index < -0.39 is 5.97 Å². The van der Waals surface area contributed by atoms with E-state index in [1.165, 1.54) is 0 Å². The van der Waals surface area contributed by atoms with Gasteiger partial charge in [-0.15, -0.1) is 0 Å². The summed E-state index contributed by atoms with van der Waals surface area (Å²) in [6, 6.07) is 17.4. The summed E-state index contributed by atoms with van der Waals surface area (Å²) >= 11 is 6.08. The summed E-state index contributed by atoms with van der Waals surface area (Å²) in [5.74, 6) is -0.779. The van der Waals surface area contributed by atoms with Gasteiger partial charge in [0.15, 0.2) is 6.61 Å². The van der Waals surface area contributed by atoms with Crippen molar-refractivity contribution in [3.8, 4) is 0 Å². The first-order valence-electron chi connectivity index (χ1n) is 10.2. The maximum Gasteiger partial charge on any atom is 0.306 e. The largest absolute Gasteiger partial charge is 0.456 e. The van der Waals surface area contributed by atoms with Gasteiger partial charge < -0.3 is 10.1 Å². The monoisotopic (exact) mass is 439 g/mol. The molecule has 0 aliphatic carbocycles. The highest BCUT2D eigenvalue weighted by Crippen LogP contribution is 2.17. The van der Waals surface area contributed by atoms with Gasteiger partial charge >= 0.3 is 5.97 Å². The van der Waals surface area contributed by atoms with Gasteiger partial charge in [-0.25, -0.2) is 0 Å². The fourth-order valence-electron chi connectivity index (χ4n) is 3.29. The van der Waals surface area contributed by atoms with Gasteiger partial charge in [-0.1, -0.05) is 60.1 Å². The topological polar surface area (TPSA) is 73.2 Å². The highest BCUT2D eigenvalue weighted by molar-refractivity contribution is 6.31. The zero-order chi connectivity index (χ0) is 22.2. The molecule has 1 heterocycles. The Morgan fingerprint density at radius 1 is 1.06 bits per heavy atom. The number of hydrogen-bond acceptors (Lipinski definition) is 4. The van der Waals surface area contributed by atoms with Gasteiger partial charge in [0.2, 0.25) is 0 Å². The minimum atomic E-state index is -0.432. The molecule has 3 rings (SSSR count). The first kappa shape index (κ1) is 22.6. The summed E-state index contributed by atoms with van der Waals surface area (Å²) in [7, 11) is 0. The number of aromatic nitrogens is 2. The van der Waals surface area contributed by atoms with Crippen LogP contribution in [0.5, 0.6) is 0 Å². The van der Waals surface area contributed by atoms with E-state index in [0.717, 1.165) is 28.1 Å². The van der Waals surface area contributed by atoms with E-state index >= 15 is 0 Å². The van der Waals surface area contributed by atoms with Crippen molar-refractivity contribution in [2.24, 2.45) is 0 Å². The molecule has 0 saturated carbocycles. The Morgan fingerprint density at radius 3 is 2.52 bits per heavy atom. The quantitative estimate of drug-likeness (QED) is 0.511. The summed E-state index contributed by atoms with van der Waals surface area (Å²) in [5.41, 5.74) is 4.87. The zero-order valence-electron chi connectivity index (χ0n) is 17.7. The first-order chi connectivity index (χ1) is 14.9. The van der Waals surface area contributed by atoms with Crippen LogP contribution in [0.3, 0.4) is 0 Å². The normalized spacial score (nSPS) is 10.7. The number of amides is 1. The third-order valence-electron chi connectivity index (χ3n) is 5.09. The molecule has 0 fully saturated rings. The fourth-order valence-corrected chi connectivity index (χ4v) is 3.52. The minimum absolute atomic E-state index is 0.168. The van der Waals surface area contributed by atoms with Crippen molar-refractivity contribution in [1.29, 1.82) is 0 Å². The molecule has 3 aromatic rings. The summed E-state index contributed by atoms with van der Waals surface area (Å²) in [6.07, 6.45) is 0.639. The van der Waals surface area contributed by atoms with Crippen molar-refractivity contribution in [2.45, 2.75) is 39.8 Å². The summed E-state index contributed by atoms with van der Waals surface area (Å²) in [6.45, 7) is 4.61. The number of carbonyl (C=O) groups is 2. The number of nitrogens with one attached hydrogen (secondary N) is 1. The van der Waals surface area contributed by atoms with Crippen molar-refractivity contribution >= 4 is 23.5 Å². The van der Waals surface area contributed by atoms with Crippen LogP contribution >= 0.6 is 11.6 Å². The number of carbonyl (C=O) groups excluding carboxylic acids is 2. The molecular formula is C24H26ClN3O3. The van der Waals surface area contributed by atoms with Crippen molar-refractivity contribution in [3.05, 3.63) is 87.7 Å². The third kappa shape index (κ3) is 6.43. The number of nitrogens with zero attached hydrogens (tertiary/aromatic N) is 2. The number of halogens is 1. The second-order valence-corrected chi connectivity index (χ2v) is 7.73. The van der Waals surface area contributed by atoms with Crippen molar-refractivity contribution < 1.29 is 14.3 Å². The predicted molar refractivity (Wildman–Crippen MR) is 120 cm³/mol. The maximum atomic E-state index is 12.1. The van der Waals surface area contributed by atoms with E-state index in [1.54, 1.807) is 6.07 Å². The van der Waals surface area contributed by atoms with Gasteiger partial charge in [-0.3, -0.25) is 14.3 Å². The molecule has 0 spiro atoms. The van der Waals surface area contributed by atoms with Crippen molar-refractivity contribution in [1.82, 2.24) is 15.1 Å². The Balaban J connectivity index is 1.45. The third-order valence-corrected chi connectivity index (χ3v) is 5.46. The highest BCUT2D eigenvalue weighted by atomic mass is 35.5. The molecule has 0 aliphatic heterocycles. The van der Waals surface area contributed by atoms with E-state index in [0.29, 0.717) is 24.5 Å². The van der Waals surface area contributed by atoms with E-state index in [2.05, 4.69) is 22.5 Å². The molecule has 162 valence electrons. The second kappa shape index (κ2) is 10.8. The Hall–Kier alpha value is -3.12. The van der Waals surface area contributed by atoms with Crippen LogP contribution in [0.1, 0.15) is 34.5 Å². The Labute approximate surface area is 187 Å². The number of ether oxygens (including phenoxy) is 1. The average Bonchev–Trinajstić information content (AvgIpc) is 3.03. The number of benzene rings is 2. The Kier molecular flexibility index (Phi) is 7.84. The molecule has 6 nitrogen and oxygen atoms in total. The Morgan fingerprint density at radius 2 is 1.77 bits per heavy atom. The second-order valence-electron chi connectivity index (χ2n) is 7.32. The highest BCUT2D eigenvalue weighted by Gasteiger charge is 2.14. The molecule has 0 radical (unpaired) electrons. The predicted octanol–water partition coefficient (Wildman–Crippen LogP) is 3.99. The molecule has 1 N–H and O–H groups in total. The van der Waals surface area contributed by atoms with E-state index in [-0.39, 0.29) is 18.9 Å². The number of rotatable bonds is 9. The van der Waals surface area contributed by atoms with Gasteiger partial charge in [-0.2, -0.15) is 5.10 Å². The summed E-state index contributed by atoms with van der Waals surface area (Å²) < 4.78 is 7.02. The van der Waals surface area contributed by atoms with Crippen molar-refractivity contribution in [2.75, 3.05) is 6.61 Å². The van der Waals surface area contributed by atoms with Crippen LogP contribution in [0.2, 0.25) is 5.02 Å². The van der Waals surface area contributed by atoms with Gasteiger partial charge in [0, 0.05) is 29.2 Å². The van der Waals surface area contributed by atoms with Crippen LogP contribution in [-0.4, -0.2) is 28.3 Å². The van der Waals surface area contributed by atoms with Crippen LogP contribution < -0.4 is 5.32 Å². The van der Waals surface area contributed by atoms with Crippen LogP contribution in [0.4, 0.5) is 0 Å². The summed E-state index contributed by atoms with van der Waals surface area (Å²) in [5, 5.41) is 8.01. The van der Waals surface area contributed by atoms with Gasteiger partial charge in [0.25, 0.3) is 5.91 Å². The molecule has 1 aromatic heterocycles. The molecule has 0 atom stereocenters. The lowest BCUT2D eigenvalue weighted by molar-refractivity contribution is -0.148. The van der Waals surface area contributed by atoms with Gasteiger partial charge in [0.05, 0.1) is 12.2 Å². The number of esters is 1. The van der Waals surface area contributed by atoms with Crippen molar-refractivity contribution in [3.63, 3.8) is 0 Å². The molecule has 0 unspecified atom stereocenters. The summed E-state index contributed by atoms with van der Waals surface area (Å²) in [4.78, 5) is 24.1. The van der Waals surface area contributed by atoms with Crippen LogP contribution in [0, 0.1) is 13.8 Å². The SMILES string of the molecule is Cc1nn(Cc2ccccc2)c(C)c1CNC(=O)COC(=O)CCc1ccccc1Cl. The first-order valence-corrected chi connectivity index (χ1v) is 10.5. The Bertz CT molecular complexity index is 1050. The zero-order valence-corrected chi connectivity index (χ0v) is 18.5. The van der Waals surface area contributed by atoms with E-state index in [4.69, 9.17) is 16.3 Å². The van der Waals surface area contributed by atoms with Crippen LogP contribution in [0.25, 0.3) is 0 Å². The lowest BCUT2D eigenvalue weighted by Crippen LogP contribution is -2.28. The molecule has 1 amide bonds. The number of aryl methyl sites for hydroxylation is 2. The number of hydrogen-bond donors (Lipinski definition) is 1. The van der Waals surface area contributed by atoms with Crippen LogP contribution in [-0.2, 0) is 33.8 Å². The van der Waals surface area contributed by atoms with Gasteiger partial charge in [-0.05, 0) is 37.5 Å². The molecule has 0 aliphatic rings. The molecule has 0 saturated heterocycles. The smallest absolute Gasteiger partial charge is 0.306 e. The van der Waals surface area contributed by atoms with Gasteiger partial charge in [0.1, 0.15) is 0 Å². The maximum absolute atomic E-state index is 12.1. The lowest BCUT2D eigenvalue weighted by atomic mass is 10.1. The fraction of sp³-hybridized carbons (Fsp3) is 0.292. The molecule has 7 heteroatoms.